The number of hydrogen-bond acceptors (Lipinski definition) is 4. The van der Waals surface area contributed by atoms with Crippen LogP contribution in [-0.4, -0.2) is 40.6 Å². The molecule has 3 aliphatic rings. The van der Waals surface area contributed by atoms with Crippen molar-refractivity contribution in [1.82, 2.24) is 20.8 Å². The van der Waals surface area contributed by atoms with Gasteiger partial charge in [0.2, 0.25) is 11.8 Å². The van der Waals surface area contributed by atoms with E-state index in [-0.39, 0.29) is 17.9 Å². The maximum Gasteiger partial charge on any atom is 0.239 e. The maximum absolute atomic E-state index is 12.6. The summed E-state index contributed by atoms with van der Waals surface area (Å²) in [7, 11) is 0. The molecule has 7 nitrogen and oxygen atoms in total. The van der Waals surface area contributed by atoms with Crippen LogP contribution in [0.3, 0.4) is 0 Å². The molecule has 0 atom stereocenters. The normalized spacial score (nSPS) is 25.2. The lowest BCUT2D eigenvalue weighted by Crippen LogP contribution is -2.46. The second kappa shape index (κ2) is 10.6. The second-order valence-electron chi connectivity index (χ2n) is 10.0. The number of aromatic nitrogens is 2. The molecule has 3 saturated carbocycles. The van der Waals surface area contributed by atoms with Crippen molar-refractivity contribution in [2.24, 2.45) is 11.8 Å². The zero-order chi connectivity index (χ0) is 21.6. The maximum atomic E-state index is 12.6. The molecular weight excluding hydrogens is 390 g/mol. The van der Waals surface area contributed by atoms with Gasteiger partial charge < -0.3 is 16.0 Å². The van der Waals surface area contributed by atoms with Crippen LogP contribution >= 0.6 is 0 Å². The summed E-state index contributed by atoms with van der Waals surface area (Å²) < 4.78 is 0. The molecule has 0 radical (unpaired) electrons. The zero-order valence-electron chi connectivity index (χ0n) is 18.9. The number of carbonyl (C=O) groups excluding carboxylic acids is 2. The van der Waals surface area contributed by atoms with E-state index in [1.165, 1.54) is 64.2 Å². The van der Waals surface area contributed by atoms with E-state index in [1.807, 2.05) is 6.07 Å². The molecule has 1 aromatic rings. The van der Waals surface area contributed by atoms with Gasteiger partial charge in [0.25, 0.3) is 0 Å². The van der Waals surface area contributed by atoms with Crippen molar-refractivity contribution >= 4 is 17.6 Å². The highest BCUT2D eigenvalue weighted by Crippen LogP contribution is 2.37. The standard InChI is InChI=1S/C24H39N5O2/c1-16(30)26-20-12-19(13-20)21-14-22(29-28-21)27-23(31)15-25-24(17-8-4-2-5-9-17)18-10-6-3-7-11-18/h14,17-20,24-25H,2-13,15H2,1H3,(H,26,30)(H2,27,28,29,31). The number of H-pyrrole nitrogens is 1. The lowest BCUT2D eigenvalue weighted by molar-refractivity contribution is -0.120. The average molecular weight is 430 g/mol. The smallest absolute Gasteiger partial charge is 0.239 e. The van der Waals surface area contributed by atoms with Crippen molar-refractivity contribution < 1.29 is 9.59 Å². The summed E-state index contributed by atoms with van der Waals surface area (Å²) >= 11 is 0. The van der Waals surface area contributed by atoms with Gasteiger partial charge in [-0.25, -0.2) is 0 Å². The quantitative estimate of drug-likeness (QED) is 0.504. The largest absolute Gasteiger partial charge is 0.354 e. The summed E-state index contributed by atoms with van der Waals surface area (Å²) in [6.07, 6.45) is 15.1. The van der Waals surface area contributed by atoms with Gasteiger partial charge in [-0.3, -0.25) is 14.7 Å². The van der Waals surface area contributed by atoms with Gasteiger partial charge in [-0.05, 0) is 50.4 Å². The first-order valence-electron chi connectivity index (χ1n) is 12.4. The van der Waals surface area contributed by atoms with Gasteiger partial charge in [0, 0.05) is 36.7 Å². The van der Waals surface area contributed by atoms with Crippen LogP contribution in [0.4, 0.5) is 5.82 Å². The molecule has 1 aromatic heterocycles. The van der Waals surface area contributed by atoms with Crippen LogP contribution in [0.5, 0.6) is 0 Å². The SMILES string of the molecule is CC(=O)NC1CC(c2cc(NC(=O)CNC(C3CCCCC3)C3CCCCC3)n[nH]2)C1. The Morgan fingerprint density at radius 2 is 1.65 bits per heavy atom. The summed E-state index contributed by atoms with van der Waals surface area (Å²) in [5.74, 6) is 2.41. The predicted octanol–water partition coefficient (Wildman–Crippen LogP) is 3.85. The second-order valence-corrected chi connectivity index (χ2v) is 10.0. The van der Waals surface area contributed by atoms with Crippen LogP contribution in [0.15, 0.2) is 6.07 Å². The third-order valence-corrected chi connectivity index (χ3v) is 7.66. The first-order valence-corrected chi connectivity index (χ1v) is 12.4. The van der Waals surface area contributed by atoms with Gasteiger partial charge in [0.1, 0.15) is 0 Å². The molecule has 4 N–H and O–H groups in total. The molecule has 7 heteroatoms. The van der Waals surface area contributed by atoms with Crippen LogP contribution in [-0.2, 0) is 9.59 Å². The highest BCUT2D eigenvalue weighted by molar-refractivity contribution is 5.91. The number of carbonyl (C=O) groups is 2. The summed E-state index contributed by atoms with van der Waals surface area (Å²) in [5.41, 5.74) is 1.03. The minimum absolute atomic E-state index is 0.0144. The molecule has 3 fully saturated rings. The van der Waals surface area contributed by atoms with Gasteiger partial charge in [-0.1, -0.05) is 38.5 Å². The number of nitrogens with zero attached hydrogens (tertiary/aromatic N) is 1. The van der Waals surface area contributed by atoms with Crippen molar-refractivity contribution in [3.8, 4) is 0 Å². The van der Waals surface area contributed by atoms with E-state index >= 15 is 0 Å². The molecule has 1 heterocycles. The molecule has 3 aliphatic carbocycles. The number of rotatable bonds is 8. The number of amides is 2. The fourth-order valence-electron chi connectivity index (χ4n) is 5.99. The molecular formula is C24H39N5O2. The summed E-state index contributed by atoms with van der Waals surface area (Å²) in [6, 6.07) is 2.66. The van der Waals surface area contributed by atoms with E-state index in [2.05, 4.69) is 26.1 Å². The molecule has 0 saturated heterocycles. The Balaban J connectivity index is 1.25. The number of hydrogen-bond donors (Lipinski definition) is 4. The van der Waals surface area contributed by atoms with Crippen molar-refractivity contribution in [1.29, 1.82) is 0 Å². The Bertz CT molecular complexity index is 712. The molecule has 0 spiro atoms. The Kier molecular flexibility index (Phi) is 7.64. The summed E-state index contributed by atoms with van der Waals surface area (Å²) in [4.78, 5) is 23.8. The number of nitrogens with one attached hydrogen (secondary N) is 4. The summed E-state index contributed by atoms with van der Waals surface area (Å²) in [6.45, 7) is 1.91. The minimum Gasteiger partial charge on any atom is -0.354 e. The van der Waals surface area contributed by atoms with Gasteiger partial charge in [0.05, 0.1) is 6.54 Å². The van der Waals surface area contributed by atoms with Gasteiger partial charge in [-0.2, -0.15) is 5.10 Å². The Hall–Kier alpha value is -1.89. The van der Waals surface area contributed by atoms with Gasteiger partial charge >= 0.3 is 0 Å². The molecule has 4 rings (SSSR count). The Morgan fingerprint density at radius 3 is 2.23 bits per heavy atom. The predicted molar refractivity (Wildman–Crippen MR) is 122 cm³/mol. The number of anilines is 1. The molecule has 2 amide bonds. The zero-order valence-corrected chi connectivity index (χ0v) is 18.9. The van der Waals surface area contributed by atoms with E-state index in [9.17, 15) is 9.59 Å². The molecule has 172 valence electrons. The minimum atomic E-state index is -0.0144. The lowest BCUT2D eigenvalue weighted by atomic mass is 9.74. The fourth-order valence-corrected chi connectivity index (χ4v) is 5.99. The van der Waals surface area contributed by atoms with Crippen LogP contribution in [0.25, 0.3) is 0 Å². The Morgan fingerprint density at radius 1 is 1.03 bits per heavy atom. The molecule has 0 aromatic carbocycles. The van der Waals surface area contributed by atoms with Crippen molar-refractivity contribution in [2.45, 2.75) is 102 Å². The molecule has 0 unspecified atom stereocenters. The first kappa shape index (κ1) is 22.3. The van der Waals surface area contributed by atoms with E-state index in [0.717, 1.165) is 30.4 Å². The monoisotopic (exact) mass is 429 g/mol. The Labute approximate surface area is 185 Å². The van der Waals surface area contributed by atoms with Crippen LogP contribution in [0.1, 0.15) is 95.6 Å². The van der Waals surface area contributed by atoms with E-state index in [4.69, 9.17) is 0 Å². The highest BCUT2D eigenvalue weighted by atomic mass is 16.2. The van der Waals surface area contributed by atoms with E-state index < -0.39 is 0 Å². The van der Waals surface area contributed by atoms with Crippen molar-refractivity contribution in [3.05, 3.63) is 11.8 Å². The average Bonchev–Trinajstić information content (AvgIpc) is 3.19. The fraction of sp³-hybridized carbons (Fsp3) is 0.792. The molecule has 0 bridgehead atoms. The van der Waals surface area contributed by atoms with Crippen molar-refractivity contribution in [2.75, 3.05) is 11.9 Å². The van der Waals surface area contributed by atoms with Crippen LogP contribution in [0, 0.1) is 11.8 Å². The molecule has 0 aliphatic heterocycles. The van der Waals surface area contributed by atoms with E-state index in [1.54, 1.807) is 6.92 Å². The van der Waals surface area contributed by atoms with Crippen LogP contribution < -0.4 is 16.0 Å². The summed E-state index contributed by atoms with van der Waals surface area (Å²) in [5, 5.41) is 16.9. The van der Waals surface area contributed by atoms with Crippen LogP contribution in [0.2, 0.25) is 0 Å². The third-order valence-electron chi connectivity index (χ3n) is 7.66. The first-order chi connectivity index (χ1) is 15.1. The van der Waals surface area contributed by atoms with E-state index in [0.29, 0.717) is 24.3 Å². The van der Waals surface area contributed by atoms with Gasteiger partial charge in [0.15, 0.2) is 5.82 Å². The molecule has 31 heavy (non-hydrogen) atoms. The number of aromatic amines is 1. The van der Waals surface area contributed by atoms with Crippen molar-refractivity contribution in [3.63, 3.8) is 0 Å². The van der Waals surface area contributed by atoms with Gasteiger partial charge in [-0.15, -0.1) is 0 Å². The third kappa shape index (κ3) is 6.09. The lowest BCUT2D eigenvalue weighted by Gasteiger charge is -2.38. The highest BCUT2D eigenvalue weighted by Gasteiger charge is 2.33. The topological polar surface area (TPSA) is 98.9 Å².